The summed E-state index contributed by atoms with van der Waals surface area (Å²) >= 11 is 6.24. The third-order valence-corrected chi connectivity index (χ3v) is 6.97. The van der Waals surface area contributed by atoms with Gasteiger partial charge in [-0.1, -0.05) is 54.9 Å². The number of ether oxygens (including phenoxy) is 1. The molecular formula is C27H24ClN3O6S. The highest BCUT2D eigenvalue weighted by atomic mass is 35.5. The van der Waals surface area contributed by atoms with Crippen LogP contribution in [0.25, 0.3) is 10.8 Å². The van der Waals surface area contributed by atoms with Gasteiger partial charge >= 0.3 is 0 Å². The van der Waals surface area contributed by atoms with Crippen LogP contribution >= 0.6 is 11.6 Å². The second-order valence-corrected chi connectivity index (χ2v) is 9.96. The molecule has 0 saturated heterocycles. The van der Waals surface area contributed by atoms with Gasteiger partial charge in [-0.3, -0.25) is 9.35 Å². The Morgan fingerprint density at radius 3 is 2.45 bits per heavy atom. The van der Waals surface area contributed by atoms with Crippen LogP contribution in [0.2, 0.25) is 5.02 Å². The normalized spacial score (nSPS) is 11.7. The van der Waals surface area contributed by atoms with E-state index in [4.69, 9.17) is 16.3 Å². The van der Waals surface area contributed by atoms with Crippen LogP contribution in [0.3, 0.4) is 0 Å². The van der Waals surface area contributed by atoms with Gasteiger partial charge in [-0.2, -0.15) is 13.5 Å². The lowest BCUT2D eigenvalue weighted by Gasteiger charge is -2.13. The summed E-state index contributed by atoms with van der Waals surface area (Å²) < 4.78 is 39.0. The van der Waals surface area contributed by atoms with Crippen molar-refractivity contribution in [3.63, 3.8) is 0 Å². The molecule has 0 aliphatic rings. The minimum atomic E-state index is -4.57. The van der Waals surface area contributed by atoms with Crippen molar-refractivity contribution in [1.82, 2.24) is 0 Å². The number of nitrogens with zero attached hydrogens (tertiary/aromatic N) is 2. The Balaban J connectivity index is 1.80. The molecule has 4 aromatic carbocycles. The molecule has 0 atom stereocenters. The summed E-state index contributed by atoms with van der Waals surface area (Å²) in [7, 11) is -4.57. The number of fused-ring (bicyclic) bond motifs is 1. The van der Waals surface area contributed by atoms with Gasteiger partial charge in [0.2, 0.25) is 0 Å². The van der Waals surface area contributed by atoms with Gasteiger partial charge in [0, 0.05) is 10.4 Å². The second kappa shape index (κ2) is 11.2. The molecular weight excluding hydrogens is 530 g/mol. The number of hydrogen-bond donors (Lipinski definition) is 3. The topological polar surface area (TPSA) is 138 Å². The number of para-hydroxylation sites is 2. The third kappa shape index (κ3) is 5.62. The molecule has 196 valence electrons. The fraction of sp³-hybridized carbons (Fsp3) is 0.148. The molecule has 3 N–H and O–H groups in total. The Bertz CT molecular complexity index is 1670. The van der Waals surface area contributed by atoms with Crippen molar-refractivity contribution in [2.45, 2.75) is 25.2 Å². The van der Waals surface area contributed by atoms with Gasteiger partial charge < -0.3 is 15.2 Å². The number of anilines is 1. The zero-order chi connectivity index (χ0) is 27.4. The molecule has 0 aromatic heterocycles. The van der Waals surface area contributed by atoms with Crippen LogP contribution in [0.15, 0.2) is 81.9 Å². The number of aromatic hydroxyl groups is 1. The van der Waals surface area contributed by atoms with Crippen LogP contribution < -0.4 is 10.1 Å². The highest BCUT2D eigenvalue weighted by molar-refractivity contribution is 7.85. The lowest BCUT2D eigenvalue weighted by atomic mass is 10.0. The van der Waals surface area contributed by atoms with Crippen LogP contribution in [-0.2, 0) is 16.5 Å². The van der Waals surface area contributed by atoms with Gasteiger partial charge in [0.1, 0.15) is 16.3 Å². The molecule has 4 rings (SSSR count). The quantitative estimate of drug-likeness (QED) is 0.157. The number of carbonyl (C=O) groups is 1. The van der Waals surface area contributed by atoms with Gasteiger partial charge in [0.05, 0.1) is 23.5 Å². The number of halogens is 1. The summed E-state index contributed by atoms with van der Waals surface area (Å²) in [5, 5.41) is 23.3. The predicted octanol–water partition coefficient (Wildman–Crippen LogP) is 7.07. The molecule has 38 heavy (non-hydrogen) atoms. The van der Waals surface area contributed by atoms with Crippen molar-refractivity contribution >= 4 is 55.5 Å². The number of phenols is 1. The first kappa shape index (κ1) is 27.1. The first-order valence-corrected chi connectivity index (χ1v) is 13.4. The van der Waals surface area contributed by atoms with Crippen LogP contribution in [0.1, 0.15) is 29.8 Å². The molecule has 0 aliphatic carbocycles. The highest BCUT2D eigenvalue weighted by Crippen LogP contribution is 2.40. The van der Waals surface area contributed by atoms with E-state index in [1.807, 2.05) is 6.92 Å². The van der Waals surface area contributed by atoms with E-state index in [2.05, 4.69) is 15.5 Å². The molecule has 0 spiro atoms. The number of phenolic OH excluding ortho intramolecular Hbond substituents is 1. The second-order valence-electron chi connectivity index (χ2n) is 8.16. The van der Waals surface area contributed by atoms with Crippen molar-refractivity contribution in [1.29, 1.82) is 0 Å². The fourth-order valence-electron chi connectivity index (χ4n) is 3.97. The van der Waals surface area contributed by atoms with Crippen LogP contribution in [-0.4, -0.2) is 30.6 Å². The first-order valence-electron chi connectivity index (χ1n) is 11.6. The Kier molecular flexibility index (Phi) is 7.96. The maximum Gasteiger partial charge on any atom is 0.294 e. The Morgan fingerprint density at radius 1 is 1.03 bits per heavy atom. The van der Waals surface area contributed by atoms with Crippen molar-refractivity contribution in [3.8, 4) is 11.5 Å². The van der Waals surface area contributed by atoms with Crippen LogP contribution in [0, 0.1) is 0 Å². The van der Waals surface area contributed by atoms with E-state index in [9.17, 15) is 22.9 Å². The van der Waals surface area contributed by atoms with Crippen LogP contribution in [0.4, 0.5) is 17.1 Å². The molecule has 0 heterocycles. The molecule has 0 aliphatic heterocycles. The molecule has 0 bridgehead atoms. The molecule has 0 fully saturated rings. The summed E-state index contributed by atoms with van der Waals surface area (Å²) in [6.07, 6.45) is 0.264. The summed E-state index contributed by atoms with van der Waals surface area (Å²) in [4.78, 5) is 12.8. The number of rotatable bonds is 8. The number of amides is 1. The zero-order valence-electron chi connectivity index (χ0n) is 20.5. The van der Waals surface area contributed by atoms with E-state index in [1.165, 1.54) is 12.1 Å². The van der Waals surface area contributed by atoms with Gasteiger partial charge in [-0.25, -0.2) is 0 Å². The minimum Gasteiger partial charge on any atom is -0.505 e. The zero-order valence-corrected chi connectivity index (χ0v) is 22.0. The standard InChI is InChI=1S/C27H24ClN3O6S/c1-3-18-21(28)14-17(15-24(18)38(34,35)36)30-31-25-19-10-6-5-9-16(19)13-20(26(25)32)27(33)29-22-11-7-8-12-23(22)37-4-2/h5-15,32H,3-4H2,1-2H3,(H,29,33)(H,34,35,36). The smallest absolute Gasteiger partial charge is 0.294 e. The number of nitrogens with one attached hydrogen (secondary N) is 1. The fourth-order valence-corrected chi connectivity index (χ4v) is 5.21. The molecule has 0 saturated carbocycles. The molecule has 0 unspecified atom stereocenters. The molecule has 11 heteroatoms. The Hall–Kier alpha value is -3.99. The average Bonchev–Trinajstić information content (AvgIpc) is 2.88. The van der Waals surface area contributed by atoms with E-state index in [0.717, 1.165) is 6.07 Å². The number of azo groups is 1. The van der Waals surface area contributed by atoms with E-state index < -0.39 is 21.8 Å². The molecule has 4 aromatic rings. The van der Waals surface area contributed by atoms with E-state index in [1.54, 1.807) is 55.5 Å². The van der Waals surface area contributed by atoms with Crippen molar-refractivity contribution in [3.05, 3.63) is 82.9 Å². The van der Waals surface area contributed by atoms with Gasteiger partial charge in [0.15, 0.2) is 5.75 Å². The molecule has 9 nitrogen and oxygen atoms in total. The Morgan fingerprint density at radius 2 is 1.74 bits per heavy atom. The van der Waals surface area contributed by atoms with Crippen molar-refractivity contribution in [2.24, 2.45) is 10.2 Å². The summed E-state index contributed by atoms with van der Waals surface area (Å²) in [5.41, 5.74) is 0.645. The SMILES string of the molecule is CCOc1ccccc1NC(=O)c1cc2ccccc2c(N=Nc2cc(Cl)c(CC)c(S(=O)(=O)O)c2)c1O. The molecule has 0 radical (unpaired) electrons. The van der Waals surface area contributed by atoms with Gasteiger partial charge in [-0.05, 0) is 54.6 Å². The predicted molar refractivity (Wildman–Crippen MR) is 146 cm³/mol. The number of benzene rings is 4. The highest BCUT2D eigenvalue weighted by Gasteiger charge is 2.21. The lowest BCUT2D eigenvalue weighted by molar-refractivity contribution is 0.102. The minimum absolute atomic E-state index is 0.00422. The van der Waals surface area contributed by atoms with Crippen molar-refractivity contribution < 1.29 is 27.6 Å². The van der Waals surface area contributed by atoms with Crippen molar-refractivity contribution in [2.75, 3.05) is 11.9 Å². The summed E-state index contributed by atoms with van der Waals surface area (Å²) in [6.45, 7) is 3.93. The van der Waals surface area contributed by atoms with E-state index in [-0.39, 0.29) is 38.8 Å². The third-order valence-electron chi connectivity index (χ3n) is 5.71. The average molecular weight is 554 g/mol. The number of hydrogen-bond acceptors (Lipinski definition) is 7. The number of carbonyl (C=O) groups excluding carboxylic acids is 1. The van der Waals surface area contributed by atoms with E-state index in [0.29, 0.717) is 28.8 Å². The Labute approximate surface area is 224 Å². The first-order chi connectivity index (χ1) is 18.1. The largest absolute Gasteiger partial charge is 0.505 e. The van der Waals surface area contributed by atoms with Gasteiger partial charge in [0.25, 0.3) is 16.0 Å². The molecule has 1 amide bonds. The monoisotopic (exact) mass is 553 g/mol. The maximum atomic E-state index is 13.2. The van der Waals surface area contributed by atoms with Crippen LogP contribution in [0.5, 0.6) is 11.5 Å². The maximum absolute atomic E-state index is 13.2. The summed E-state index contributed by atoms with van der Waals surface area (Å²) in [6, 6.07) is 18.0. The van der Waals surface area contributed by atoms with Gasteiger partial charge in [-0.15, -0.1) is 5.11 Å². The lowest BCUT2D eigenvalue weighted by Crippen LogP contribution is -2.13. The van der Waals surface area contributed by atoms with E-state index >= 15 is 0 Å². The summed E-state index contributed by atoms with van der Waals surface area (Å²) in [5.74, 6) is -0.545.